The van der Waals surface area contributed by atoms with E-state index in [1.165, 1.54) is 5.56 Å². The van der Waals surface area contributed by atoms with Crippen LogP contribution in [0, 0.1) is 0 Å². The van der Waals surface area contributed by atoms with Crippen molar-refractivity contribution in [2.45, 2.75) is 32.1 Å². The van der Waals surface area contributed by atoms with Gasteiger partial charge in [-0.3, -0.25) is 9.39 Å². The summed E-state index contributed by atoms with van der Waals surface area (Å²) >= 11 is 0. The summed E-state index contributed by atoms with van der Waals surface area (Å²) in [6, 6.07) is 12.1. The molecule has 0 saturated carbocycles. The molecule has 32 heavy (non-hydrogen) atoms. The third-order valence-corrected chi connectivity index (χ3v) is 5.87. The molecule has 0 spiro atoms. The highest BCUT2D eigenvalue weighted by molar-refractivity contribution is 5.80. The second-order valence-electron chi connectivity index (χ2n) is 7.96. The minimum Gasteiger partial charge on any atom is -0.497 e. The van der Waals surface area contributed by atoms with Gasteiger partial charge in [0.05, 0.1) is 14.2 Å². The molecule has 2 aromatic heterocycles. The zero-order valence-electron chi connectivity index (χ0n) is 19.1. The largest absolute Gasteiger partial charge is 0.497 e. The van der Waals surface area contributed by atoms with Gasteiger partial charge in [-0.1, -0.05) is 6.07 Å². The summed E-state index contributed by atoms with van der Waals surface area (Å²) < 4.78 is 12.9. The first-order chi connectivity index (χ1) is 15.7. The van der Waals surface area contributed by atoms with Crippen LogP contribution in [0.2, 0.25) is 0 Å². The molecule has 8 heteroatoms. The number of benzene rings is 1. The summed E-state index contributed by atoms with van der Waals surface area (Å²) in [6.07, 6.45) is 4.86. The molecule has 1 aromatic carbocycles. The maximum atomic E-state index is 5.45. The fraction of sp³-hybridized carbons (Fsp3) is 0.458. The first-order valence-electron chi connectivity index (χ1n) is 11.3. The van der Waals surface area contributed by atoms with Gasteiger partial charge in [-0.2, -0.15) is 0 Å². The smallest absolute Gasteiger partial charge is 0.193 e. The Balaban J connectivity index is 1.38. The van der Waals surface area contributed by atoms with Gasteiger partial charge in [-0.05, 0) is 49.6 Å². The molecule has 1 atom stereocenters. The number of methoxy groups -OCH3 is 2. The lowest BCUT2D eigenvalue weighted by Gasteiger charge is -2.22. The van der Waals surface area contributed by atoms with Crippen molar-refractivity contribution in [1.82, 2.24) is 24.8 Å². The van der Waals surface area contributed by atoms with Crippen LogP contribution >= 0.6 is 0 Å². The van der Waals surface area contributed by atoms with Crippen molar-refractivity contribution >= 4 is 11.6 Å². The number of aliphatic imine (C=N–C) groups is 1. The van der Waals surface area contributed by atoms with Crippen molar-refractivity contribution < 1.29 is 9.47 Å². The number of hydrogen-bond donors (Lipinski definition) is 1. The number of nitrogens with one attached hydrogen (secondary N) is 1. The zero-order valence-corrected chi connectivity index (χ0v) is 19.1. The second-order valence-corrected chi connectivity index (χ2v) is 7.96. The standard InChI is InChI=1S/C24H32N6O2/c1-4-25-24(26-11-7-9-23-28-27-22-8-5-6-12-30(22)23)29-13-10-18(17-29)19-14-20(31-2)16-21(15-19)32-3/h5-6,8,12,14-16,18H,4,7,9-11,13,17H2,1-3H3,(H,25,26). The van der Waals surface area contributed by atoms with Gasteiger partial charge >= 0.3 is 0 Å². The number of ether oxygens (including phenoxy) is 2. The molecule has 0 bridgehead atoms. The van der Waals surface area contributed by atoms with Gasteiger partial charge in [0.1, 0.15) is 17.3 Å². The Bertz CT molecular complexity index is 1040. The van der Waals surface area contributed by atoms with Crippen molar-refractivity contribution in [2.75, 3.05) is 40.4 Å². The molecular weight excluding hydrogens is 404 g/mol. The van der Waals surface area contributed by atoms with E-state index in [2.05, 4.69) is 39.5 Å². The van der Waals surface area contributed by atoms with Gasteiger partial charge in [0.25, 0.3) is 0 Å². The monoisotopic (exact) mass is 436 g/mol. The van der Waals surface area contributed by atoms with Crippen LogP contribution in [0.3, 0.4) is 0 Å². The highest BCUT2D eigenvalue weighted by Crippen LogP contribution is 2.32. The van der Waals surface area contributed by atoms with Crippen molar-refractivity contribution in [3.63, 3.8) is 0 Å². The van der Waals surface area contributed by atoms with Crippen molar-refractivity contribution in [3.8, 4) is 11.5 Å². The number of aryl methyl sites for hydroxylation is 1. The maximum Gasteiger partial charge on any atom is 0.193 e. The molecule has 0 aliphatic carbocycles. The Hall–Kier alpha value is -3.29. The van der Waals surface area contributed by atoms with Crippen molar-refractivity contribution in [1.29, 1.82) is 0 Å². The summed E-state index contributed by atoms with van der Waals surface area (Å²) in [5.74, 6) is 4.05. The van der Waals surface area contributed by atoms with Crippen LogP contribution in [0.25, 0.3) is 5.65 Å². The molecule has 1 aliphatic heterocycles. The van der Waals surface area contributed by atoms with Gasteiger partial charge in [0.15, 0.2) is 11.6 Å². The van der Waals surface area contributed by atoms with Crippen LogP contribution < -0.4 is 14.8 Å². The van der Waals surface area contributed by atoms with Gasteiger partial charge in [-0.15, -0.1) is 10.2 Å². The number of nitrogens with zero attached hydrogens (tertiary/aromatic N) is 5. The Morgan fingerprint density at radius 2 is 1.97 bits per heavy atom. The second kappa shape index (κ2) is 10.3. The SMILES string of the molecule is CCNC(=NCCCc1nnc2ccccn12)N1CCC(c2cc(OC)cc(OC)c2)C1. The van der Waals surface area contributed by atoms with E-state index >= 15 is 0 Å². The number of aromatic nitrogens is 3. The molecule has 1 aliphatic rings. The van der Waals surface area contributed by atoms with Gasteiger partial charge < -0.3 is 19.7 Å². The van der Waals surface area contributed by atoms with E-state index < -0.39 is 0 Å². The molecule has 1 N–H and O–H groups in total. The molecule has 3 heterocycles. The van der Waals surface area contributed by atoms with E-state index in [1.54, 1.807) is 14.2 Å². The van der Waals surface area contributed by atoms with Crippen molar-refractivity contribution in [3.05, 3.63) is 54.0 Å². The summed E-state index contributed by atoms with van der Waals surface area (Å²) in [4.78, 5) is 7.25. The van der Waals surface area contributed by atoms with Crippen LogP contribution in [0.4, 0.5) is 0 Å². The highest BCUT2D eigenvalue weighted by Gasteiger charge is 2.27. The first-order valence-corrected chi connectivity index (χ1v) is 11.3. The average Bonchev–Trinajstić information content (AvgIpc) is 3.48. The quantitative estimate of drug-likeness (QED) is 0.332. The Kier molecular flexibility index (Phi) is 7.09. The topological polar surface area (TPSA) is 76.3 Å². The Morgan fingerprint density at radius 3 is 2.72 bits per heavy atom. The lowest BCUT2D eigenvalue weighted by atomic mass is 9.98. The molecule has 170 valence electrons. The predicted octanol–water partition coefficient (Wildman–Crippen LogP) is 3.13. The zero-order chi connectivity index (χ0) is 22.3. The average molecular weight is 437 g/mol. The lowest BCUT2D eigenvalue weighted by molar-refractivity contribution is 0.392. The van der Waals surface area contributed by atoms with Gasteiger partial charge in [0.2, 0.25) is 0 Å². The Morgan fingerprint density at radius 1 is 1.16 bits per heavy atom. The van der Waals surface area contributed by atoms with E-state index in [0.717, 1.165) is 74.4 Å². The highest BCUT2D eigenvalue weighted by atomic mass is 16.5. The molecule has 8 nitrogen and oxygen atoms in total. The molecule has 1 saturated heterocycles. The third-order valence-electron chi connectivity index (χ3n) is 5.87. The van der Waals surface area contributed by atoms with Crippen LogP contribution in [-0.4, -0.2) is 65.9 Å². The fourth-order valence-electron chi connectivity index (χ4n) is 4.20. The molecule has 0 radical (unpaired) electrons. The van der Waals surface area contributed by atoms with Crippen LogP contribution in [0.5, 0.6) is 11.5 Å². The molecule has 3 aromatic rings. The fourth-order valence-corrected chi connectivity index (χ4v) is 4.20. The summed E-state index contributed by atoms with van der Waals surface area (Å²) in [5, 5.41) is 12.0. The minimum absolute atomic E-state index is 0.421. The first kappa shape index (κ1) is 21.9. The van der Waals surface area contributed by atoms with Crippen LogP contribution in [-0.2, 0) is 6.42 Å². The van der Waals surface area contributed by atoms with E-state index in [0.29, 0.717) is 5.92 Å². The van der Waals surface area contributed by atoms with Crippen LogP contribution in [0.1, 0.15) is 37.1 Å². The summed E-state index contributed by atoms with van der Waals surface area (Å²) in [6.45, 7) is 5.61. The summed E-state index contributed by atoms with van der Waals surface area (Å²) in [5.41, 5.74) is 2.13. The number of likely N-dealkylation sites (tertiary alicyclic amines) is 1. The number of guanidine groups is 1. The Labute approximate surface area is 189 Å². The van der Waals surface area contributed by atoms with Gasteiger partial charge in [0, 0.05) is 50.8 Å². The van der Waals surface area contributed by atoms with E-state index in [-0.39, 0.29) is 0 Å². The predicted molar refractivity (Wildman–Crippen MR) is 126 cm³/mol. The molecular formula is C24H32N6O2. The number of hydrogen-bond acceptors (Lipinski definition) is 5. The lowest BCUT2D eigenvalue weighted by Crippen LogP contribution is -2.40. The third kappa shape index (κ3) is 4.95. The minimum atomic E-state index is 0.421. The van der Waals surface area contributed by atoms with Crippen molar-refractivity contribution in [2.24, 2.45) is 4.99 Å². The number of fused-ring (bicyclic) bond motifs is 1. The van der Waals surface area contributed by atoms with Crippen LogP contribution in [0.15, 0.2) is 47.6 Å². The molecule has 4 rings (SSSR count). The molecule has 1 fully saturated rings. The van der Waals surface area contributed by atoms with E-state index in [4.69, 9.17) is 14.5 Å². The molecule has 0 amide bonds. The van der Waals surface area contributed by atoms with Gasteiger partial charge in [-0.25, -0.2) is 0 Å². The summed E-state index contributed by atoms with van der Waals surface area (Å²) in [7, 11) is 3.38. The molecule has 1 unspecified atom stereocenters. The number of rotatable bonds is 8. The number of pyridine rings is 1. The van der Waals surface area contributed by atoms with E-state index in [9.17, 15) is 0 Å². The normalized spacial score (nSPS) is 16.5. The van der Waals surface area contributed by atoms with E-state index in [1.807, 2.05) is 34.9 Å². The maximum absolute atomic E-state index is 5.45.